The molecule has 1 atom stereocenters. The largest absolute Gasteiger partial charge is 0.385 e. The summed E-state index contributed by atoms with van der Waals surface area (Å²) in [5.41, 5.74) is 0.805. The molecule has 2 heteroatoms. The van der Waals surface area contributed by atoms with Crippen LogP contribution in [0.15, 0.2) is 54.6 Å². The van der Waals surface area contributed by atoms with Crippen LogP contribution in [0.1, 0.15) is 18.1 Å². The van der Waals surface area contributed by atoms with E-state index in [1.807, 2.05) is 30.3 Å². The lowest BCUT2D eigenvalue weighted by Crippen LogP contribution is -2.24. The van der Waals surface area contributed by atoms with E-state index < -0.39 is 5.60 Å². The molecule has 0 aromatic heterocycles. The Hall–Kier alpha value is -1.67. The van der Waals surface area contributed by atoms with Gasteiger partial charge in [-0.05, 0) is 30.2 Å². The maximum Gasteiger partial charge on any atom is 0.123 e. The molecule has 0 spiro atoms. The summed E-state index contributed by atoms with van der Waals surface area (Å²) in [7, 11) is 0. The summed E-state index contributed by atoms with van der Waals surface area (Å²) >= 11 is 0. The van der Waals surface area contributed by atoms with Gasteiger partial charge in [-0.3, -0.25) is 0 Å². The van der Waals surface area contributed by atoms with Gasteiger partial charge in [0.15, 0.2) is 0 Å². The zero-order chi connectivity index (χ0) is 12.3. The second kappa shape index (κ2) is 4.68. The molecule has 17 heavy (non-hydrogen) atoms. The Labute approximate surface area is 101 Å². The molecule has 0 saturated heterocycles. The number of halogens is 1. The highest BCUT2D eigenvalue weighted by atomic mass is 19.1. The van der Waals surface area contributed by atoms with Crippen LogP contribution in [-0.4, -0.2) is 5.11 Å². The number of hydrogen-bond acceptors (Lipinski definition) is 1. The normalized spacial score (nSPS) is 14.3. The van der Waals surface area contributed by atoms with E-state index in [2.05, 4.69) is 0 Å². The van der Waals surface area contributed by atoms with E-state index in [4.69, 9.17) is 0 Å². The highest BCUT2D eigenvalue weighted by molar-refractivity contribution is 5.26. The van der Waals surface area contributed by atoms with Crippen molar-refractivity contribution in [2.75, 3.05) is 0 Å². The molecular weight excluding hydrogens is 215 g/mol. The van der Waals surface area contributed by atoms with Crippen molar-refractivity contribution in [1.82, 2.24) is 0 Å². The number of benzene rings is 2. The minimum absolute atomic E-state index is 0.288. The molecule has 0 bridgehead atoms. The Kier molecular flexibility index (Phi) is 3.25. The first kappa shape index (κ1) is 11.8. The van der Waals surface area contributed by atoms with Gasteiger partial charge in [-0.1, -0.05) is 42.5 Å². The Morgan fingerprint density at radius 3 is 2.18 bits per heavy atom. The van der Waals surface area contributed by atoms with Crippen LogP contribution in [0.25, 0.3) is 0 Å². The van der Waals surface area contributed by atoms with Crippen LogP contribution in [0.3, 0.4) is 0 Å². The van der Waals surface area contributed by atoms with Gasteiger partial charge in [0.25, 0.3) is 0 Å². The van der Waals surface area contributed by atoms with E-state index in [-0.39, 0.29) is 5.82 Å². The van der Waals surface area contributed by atoms with Crippen molar-refractivity contribution >= 4 is 0 Å². The lowest BCUT2D eigenvalue weighted by Gasteiger charge is -2.24. The van der Waals surface area contributed by atoms with Gasteiger partial charge in [-0.25, -0.2) is 4.39 Å². The van der Waals surface area contributed by atoms with Crippen LogP contribution in [0.2, 0.25) is 0 Å². The molecule has 2 rings (SSSR count). The summed E-state index contributed by atoms with van der Waals surface area (Å²) in [4.78, 5) is 0. The minimum atomic E-state index is -0.977. The van der Waals surface area contributed by atoms with Crippen LogP contribution in [0.5, 0.6) is 0 Å². The summed E-state index contributed by atoms with van der Waals surface area (Å²) in [5.74, 6) is -0.288. The standard InChI is InChI=1S/C15H15FO/c1-15(17,11-12-5-3-2-4-6-12)13-7-9-14(16)10-8-13/h2-10,17H,11H2,1H3. The molecule has 0 aliphatic carbocycles. The van der Waals surface area contributed by atoms with Gasteiger partial charge in [0.1, 0.15) is 5.82 Å². The van der Waals surface area contributed by atoms with Crippen LogP contribution in [0, 0.1) is 5.82 Å². The quantitative estimate of drug-likeness (QED) is 0.858. The van der Waals surface area contributed by atoms with Gasteiger partial charge in [0.05, 0.1) is 5.60 Å². The first-order valence-corrected chi connectivity index (χ1v) is 5.60. The highest BCUT2D eigenvalue weighted by Gasteiger charge is 2.23. The Balaban J connectivity index is 2.21. The highest BCUT2D eigenvalue weighted by Crippen LogP contribution is 2.25. The first-order chi connectivity index (χ1) is 8.08. The molecule has 1 unspecified atom stereocenters. The number of aliphatic hydroxyl groups is 1. The molecule has 2 aromatic rings. The van der Waals surface area contributed by atoms with Gasteiger partial charge < -0.3 is 5.11 Å². The van der Waals surface area contributed by atoms with Crippen LogP contribution < -0.4 is 0 Å². The summed E-state index contributed by atoms with van der Waals surface area (Å²) in [6.45, 7) is 1.74. The second-order valence-electron chi connectivity index (χ2n) is 4.44. The van der Waals surface area contributed by atoms with Crippen molar-refractivity contribution < 1.29 is 9.50 Å². The maximum atomic E-state index is 12.8. The van der Waals surface area contributed by atoms with Crippen molar-refractivity contribution in [3.8, 4) is 0 Å². The number of hydrogen-bond donors (Lipinski definition) is 1. The fourth-order valence-corrected chi connectivity index (χ4v) is 1.90. The fourth-order valence-electron chi connectivity index (χ4n) is 1.90. The summed E-state index contributed by atoms with van der Waals surface area (Å²) in [6, 6.07) is 15.7. The Morgan fingerprint density at radius 2 is 1.59 bits per heavy atom. The molecule has 0 aliphatic heterocycles. The third-order valence-corrected chi connectivity index (χ3v) is 2.86. The molecule has 0 radical (unpaired) electrons. The van der Waals surface area contributed by atoms with Gasteiger partial charge in [0, 0.05) is 6.42 Å². The SMILES string of the molecule is CC(O)(Cc1ccccc1)c1ccc(F)cc1. The van der Waals surface area contributed by atoms with Gasteiger partial charge in [0.2, 0.25) is 0 Å². The lowest BCUT2D eigenvalue weighted by molar-refractivity contribution is 0.0575. The van der Waals surface area contributed by atoms with Crippen LogP contribution >= 0.6 is 0 Å². The zero-order valence-corrected chi connectivity index (χ0v) is 9.73. The third-order valence-electron chi connectivity index (χ3n) is 2.86. The van der Waals surface area contributed by atoms with Crippen LogP contribution in [0.4, 0.5) is 4.39 Å². The van der Waals surface area contributed by atoms with Crippen molar-refractivity contribution in [2.24, 2.45) is 0 Å². The molecule has 88 valence electrons. The minimum Gasteiger partial charge on any atom is -0.385 e. The topological polar surface area (TPSA) is 20.2 Å². The molecule has 0 amide bonds. The Morgan fingerprint density at radius 1 is 1.00 bits per heavy atom. The predicted molar refractivity (Wildman–Crippen MR) is 66.1 cm³/mol. The maximum absolute atomic E-state index is 12.8. The van der Waals surface area contributed by atoms with E-state index in [1.165, 1.54) is 12.1 Å². The smallest absolute Gasteiger partial charge is 0.123 e. The molecular formula is C15H15FO. The molecule has 0 aliphatic rings. The predicted octanol–water partition coefficient (Wildman–Crippen LogP) is 3.28. The van der Waals surface area contributed by atoms with E-state index >= 15 is 0 Å². The molecule has 2 aromatic carbocycles. The molecule has 0 saturated carbocycles. The van der Waals surface area contributed by atoms with Crippen molar-refractivity contribution in [1.29, 1.82) is 0 Å². The average molecular weight is 230 g/mol. The molecule has 1 nitrogen and oxygen atoms in total. The van der Waals surface area contributed by atoms with Crippen molar-refractivity contribution in [3.63, 3.8) is 0 Å². The van der Waals surface area contributed by atoms with Crippen molar-refractivity contribution in [3.05, 3.63) is 71.5 Å². The molecule has 0 heterocycles. The third kappa shape index (κ3) is 2.92. The summed E-state index contributed by atoms with van der Waals surface area (Å²) < 4.78 is 12.8. The first-order valence-electron chi connectivity index (χ1n) is 5.60. The second-order valence-corrected chi connectivity index (χ2v) is 4.44. The average Bonchev–Trinajstić information content (AvgIpc) is 2.30. The van der Waals surface area contributed by atoms with Gasteiger partial charge >= 0.3 is 0 Å². The lowest BCUT2D eigenvalue weighted by atomic mass is 9.89. The molecule has 0 fully saturated rings. The van der Waals surface area contributed by atoms with E-state index in [9.17, 15) is 9.50 Å². The van der Waals surface area contributed by atoms with Crippen molar-refractivity contribution in [2.45, 2.75) is 18.9 Å². The summed E-state index contributed by atoms with van der Waals surface area (Å²) in [6.07, 6.45) is 0.513. The van der Waals surface area contributed by atoms with Crippen LogP contribution in [-0.2, 0) is 12.0 Å². The van der Waals surface area contributed by atoms with E-state index in [0.29, 0.717) is 6.42 Å². The van der Waals surface area contributed by atoms with E-state index in [0.717, 1.165) is 11.1 Å². The Bertz CT molecular complexity index is 474. The van der Waals surface area contributed by atoms with Gasteiger partial charge in [-0.15, -0.1) is 0 Å². The zero-order valence-electron chi connectivity index (χ0n) is 9.73. The van der Waals surface area contributed by atoms with E-state index in [1.54, 1.807) is 19.1 Å². The molecule has 1 N–H and O–H groups in total. The van der Waals surface area contributed by atoms with Gasteiger partial charge in [-0.2, -0.15) is 0 Å². The number of rotatable bonds is 3. The summed E-state index contributed by atoms with van der Waals surface area (Å²) in [5, 5.41) is 10.4. The monoisotopic (exact) mass is 230 g/mol. The fraction of sp³-hybridized carbons (Fsp3) is 0.200.